The van der Waals surface area contributed by atoms with E-state index >= 15 is 0 Å². The standard InChI is InChI=1S/C17H16N4O2/c1-11(21-16-6-4-3-5-15(16)19-20-21)17(23)13-7-9-14(10-8-13)18-12(2)22/h3-11H,1-2H3,(H,18,22). The van der Waals surface area contributed by atoms with Crippen LogP contribution in [0.15, 0.2) is 48.5 Å². The third-order valence-corrected chi connectivity index (χ3v) is 3.61. The number of carbonyl (C=O) groups is 2. The second-order valence-corrected chi connectivity index (χ2v) is 5.32. The fourth-order valence-electron chi connectivity index (χ4n) is 2.45. The van der Waals surface area contributed by atoms with Crippen LogP contribution < -0.4 is 5.32 Å². The molecule has 0 saturated heterocycles. The molecule has 0 saturated carbocycles. The summed E-state index contributed by atoms with van der Waals surface area (Å²) in [6.45, 7) is 3.24. The summed E-state index contributed by atoms with van der Waals surface area (Å²) in [7, 11) is 0. The van der Waals surface area contributed by atoms with Crippen LogP contribution in [0.5, 0.6) is 0 Å². The molecule has 0 fully saturated rings. The second-order valence-electron chi connectivity index (χ2n) is 5.32. The molecule has 0 spiro atoms. The molecule has 6 nitrogen and oxygen atoms in total. The van der Waals surface area contributed by atoms with E-state index in [1.54, 1.807) is 35.9 Å². The number of nitrogens with one attached hydrogen (secondary N) is 1. The number of hydrogen-bond acceptors (Lipinski definition) is 4. The number of ketones is 1. The first-order chi connectivity index (χ1) is 11.1. The first-order valence-electron chi connectivity index (χ1n) is 7.28. The highest BCUT2D eigenvalue weighted by atomic mass is 16.1. The number of benzene rings is 2. The Bertz CT molecular complexity index is 868. The van der Waals surface area contributed by atoms with Crippen molar-refractivity contribution in [1.82, 2.24) is 15.0 Å². The zero-order valence-corrected chi connectivity index (χ0v) is 12.9. The molecular formula is C17H16N4O2. The lowest BCUT2D eigenvalue weighted by Gasteiger charge is -2.12. The van der Waals surface area contributed by atoms with Crippen molar-refractivity contribution in [1.29, 1.82) is 0 Å². The topological polar surface area (TPSA) is 76.9 Å². The van der Waals surface area contributed by atoms with Crippen LogP contribution in [-0.2, 0) is 4.79 Å². The zero-order valence-electron chi connectivity index (χ0n) is 12.9. The van der Waals surface area contributed by atoms with Gasteiger partial charge in [0.25, 0.3) is 0 Å². The summed E-state index contributed by atoms with van der Waals surface area (Å²) in [5.74, 6) is -0.207. The minimum atomic E-state index is -0.464. The average Bonchev–Trinajstić information content (AvgIpc) is 2.97. The van der Waals surface area contributed by atoms with Gasteiger partial charge in [0, 0.05) is 18.2 Å². The molecule has 3 aromatic rings. The van der Waals surface area contributed by atoms with Crippen LogP contribution in [0.2, 0.25) is 0 Å². The van der Waals surface area contributed by atoms with Gasteiger partial charge in [-0.3, -0.25) is 9.59 Å². The Kier molecular flexibility index (Phi) is 3.89. The number of nitrogens with zero attached hydrogens (tertiary/aromatic N) is 3. The second kappa shape index (κ2) is 6.00. The van der Waals surface area contributed by atoms with Crippen molar-refractivity contribution in [2.45, 2.75) is 19.9 Å². The number of anilines is 1. The predicted octanol–water partition coefficient (Wildman–Crippen LogP) is 2.83. The predicted molar refractivity (Wildman–Crippen MR) is 87.3 cm³/mol. The molecule has 0 bridgehead atoms. The van der Waals surface area contributed by atoms with Crippen molar-refractivity contribution in [2.75, 3.05) is 5.32 Å². The largest absolute Gasteiger partial charge is 0.326 e. The fourth-order valence-corrected chi connectivity index (χ4v) is 2.45. The molecule has 6 heteroatoms. The van der Waals surface area contributed by atoms with Crippen LogP contribution in [0.25, 0.3) is 11.0 Å². The third kappa shape index (κ3) is 2.96. The number of aromatic nitrogens is 3. The maximum absolute atomic E-state index is 12.6. The Morgan fingerprint density at radius 3 is 2.48 bits per heavy atom. The molecule has 116 valence electrons. The van der Waals surface area contributed by atoms with Gasteiger partial charge in [0.1, 0.15) is 11.6 Å². The van der Waals surface area contributed by atoms with Crippen LogP contribution in [-0.4, -0.2) is 26.7 Å². The summed E-state index contributed by atoms with van der Waals surface area (Å²) < 4.78 is 1.62. The zero-order chi connectivity index (χ0) is 16.4. The quantitative estimate of drug-likeness (QED) is 0.752. The summed E-state index contributed by atoms with van der Waals surface area (Å²) in [5.41, 5.74) is 2.80. The van der Waals surface area contributed by atoms with Gasteiger partial charge < -0.3 is 5.32 Å². The molecule has 1 N–H and O–H groups in total. The smallest absolute Gasteiger partial charge is 0.221 e. The van der Waals surface area contributed by atoms with Gasteiger partial charge in [-0.25, -0.2) is 4.68 Å². The Hall–Kier alpha value is -3.02. The van der Waals surface area contributed by atoms with Gasteiger partial charge in [0.05, 0.1) is 5.52 Å². The van der Waals surface area contributed by atoms with Crippen LogP contribution in [0, 0.1) is 0 Å². The van der Waals surface area contributed by atoms with Crippen LogP contribution in [0.3, 0.4) is 0 Å². The minimum absolute atomic E-state index is 0.0602. The summed E-state index contributed by atoms with van der Waals surface area (Å²) >= 11 is 0. The van der Waals surface area contributed by atoms with E-state index in [-0.39, 0.29) is 11.7 Å². The first kappa shape index (κ1) is 14.9. The average molecular weight is 308 g/mol. The summed E-state index contributed by atoms with van der Waals surface area (Å²) in [4.78, 5) is 23.7. The lowest BCUT2D eigenvalue weighted by atomic mass is 10.0. The molecule has 2 aromatic carbocycles. The summed E-state index contributed by atoms with van der Waals surface area (Å²) in [6.07, 6.45) is 0. The Morgan fingerprint density at radius 2 is 1.78 bits per heavy atom. The molecule has 3 rings (SSSR count). The van der Waals surface area contributed by atoms with Crippen molar-refractivity contribution in [3.63, 3.8) is 0 Å². The molecule has 1 heterocycles. The van der Waals surface area contributed by atoms with E-state index in [0.29, 0.717) is 11.3 Å². The van der Waals surface area contributed by atoms with E-state index in [4.69, 9.17) is 0 Å². The highest BCUT2D eigenvalue weighted by Gasteiger charge is 2.20. The molecular weight excluding hydrogens is 292 g/mol. The molecule has 0 aliphatic carbocycles. The van der Waals surface area contributed by atoms with Gasteiger partial charge in [-0.05, 0) is 43.3 Å². The fraction of sp³-hybridized carbons (Fsp3) is 0.176. The maximum atomic E-state index is 12.6. The van der Waals surface area contributed by atoms with Gasteiger partial charge in [-0.2, -0.15) is 0 Å². The molecule has 0 radical (unpaired) electrons. The van der Waals surface area contributed by atoms with E-state index in [1.165, 1.54) is 6.92 Å². The lowest BCUT2D eigenvalue weighted by molar-refractivity contribution is -0.114. The Labute approximate surface area is 133 Å². The van der Waals surface area contributed by atoms with Crippen molar-refractivity contribution < 1.29 is 9.59 Å². The first-order valence-corrected chi connectivity index (χ1v) is 7.28. The van der Waals surface area contributed by atoms with Crippen molar-refractivity contribution >= 4 is 28.4 Å². The molecule has 1 aromatic heterocycles. The molecule has 0 aliphatic rings. The maximum Gasteiger partial charge on any atom is 0.221 e. The third-order valence-electron chi connectivity index (χ3n) is 3.61. The van der Waals surface area contributed by atoms with Gasteiger partial charge >= 0.3 is 0 Å². The SMILES string of the molecule is CC(=O)Nc1ccc(C(=O)C(C)n2nnc3ccccc32)cc1. The molecule has 0 aliphatic heterocycles. The number of para-hydroxylation sites is 1. The van der Waals surface area contributed by atoms with Gasteiger partial charge in [0.2, 0.25) is 5.91 Å². The van der Waals surface area contributed by atoms with Crippen LogP contribution in [0.1, 0.15) is 30.2 Å². The van der Waals surface area contributed by atoms with Crippen molar-refractivity contribution in [2.24, 2.45) is 0 Å². The number of carbonyl (C=O) groups excluding carboxylic acids is 2. The highest BCUT2D eigenvalue weighted by molar-refractivity contribution is 6.00. The number of amides is 1. The van der Waals surface area contributed by atoms with Crippen molar-refractivity contribution in [3.05, 3.63) is 54.1 Å². The van der Waals surface area contributed by atoms with Gasteiger partial charge in [-0.15, -0.1) is 5.10 Å². The normalized spacial score (nSPS) is 12.1. The van der Waals surface area contributed by atoms with Crippen molar-refractivity contribution in [3.8, 4) is 0 Å². The Balaban J connectivity index is 1.86. The molecule has 23 heavy (non-hydrogen) atoms. The van der Waals surface area contributed by atoms with Gasteiger partial charge in [0.15, 0.2) is 5.78 Å². The highest BCUT2D eigenvalue weighted by Crippen LogP contribution is 2.20. The summed E-state index contributed by atoms with van der Waals surface area (Å²) in [6, 6.07) is 13.9. The monoisotopic (exact) mass is 308 g/mol. The Morgan fingerprint density at radius 1 is 1.09 bits per heavy atom. The van der Waals surface area contributed by atoms with E-state index < -0.39 is 6.04 Å². The van der Waals surface area contributed by atoms with E-state index in [1.807, 2.05) is 24.3 Å². The van der Waals surface area contributed by atoms with E-state index in [2.05, 4.69) is 15.6 Å². The number of Topliss-reactive ketones (excluding diaryl/α,β-unsaturated/α-hetero) is 1. The van der Waals surface area contributed by atoms with E-state index in [9.17, 15) is 9.59 Å². The lowest BCUT2D eigenvalue weighted by Crippen LogP contribution is -2.18. The van der Waals surface area contributed by atoms with Gasteiger partial charge in [-0.1, -0.05) is 17.3 Å². The molecule has 1 atom stereocenters. The van der Waals surface area contributed by atoms with Crippen LogP contribution in [0.4, 0.5) is 5.69 Å². The molecule has 1 amide bonds. The molecule has 1 unspecified atom stereocenters. The summed E-state index contributed by atoms with van der Waals surface area (Å²) in [5, 5.41) is 10.8. The minimum Gasteiger partial charge on any atom is -0.326 e. The number of hydrogen-bond donors (Lipinski definition) is 1. The number of rotatable bonds is 4. The van der Waals surface area contributed by atoms with Crippen LogP contribution >= 0.6 is 0 Å². The number of fused-ring (bicyclic) bond motifs is 1. The van der Waals surface area contributed by atoms with E-state index in [0.717, 1.165) is 11.0 Å².